The molecule has 2 aliphatic carbocycles. The van der Waals surface area contributed by atoms with Gasteiger partial charge in [-0.25, -0.2) is 13.9 Å². The van der Waals surface area contributed by atoms with Gasteiger partial charge in [-0.3, -0.25) is 9.11 Å². The fourth-order valence-corrected chi connectivity index (χ4v) is 5.36. The molecule has 0 bridgehead atoms. The maximum atomic E-state index is 12.9. The number of fused-ring (bicyclic) bond motifs is 2. The van der Waals surface area contributed by atoms with Crippen molar-refractivity contribution in [3.05, 3.63) is 40.6 Å². The van der Waals surface area contributed by atoms with Crippen LogP contribution in [0.2, 0.25) is 0 Å². The van der Waals surface area contributed by atoms with Crippen molar-refractivity contribution < 1.29 is 23.5 Å². The number of carbonyl (C=O) groups is 2. The molecule has 4 rings (SSSR count). The van der Waals surface area contributed by atoms with E-state index in [2.05, 4.69) is 11.4 Å². The molecule has 2 N–H and O–H groups in total. The van der Waals surface area contributed by atoms with Gasteiger partial charge in [-0.05, 0) is 86.6 Å². The number of urea groups is 1. The Kier molecular flexibility index (Phi) is 5.59. The van der Waals surface area contributed by atoms with Gasteiger partial charge in [-0.15, -0.1) is 0 Å². The van der Waals surface area contributed by atoms with Crippen LogP contribution in [0.5, 0.6) is 0 Å². The summed E-state index contributed by atoms with van der Waals surface area (Å²) in [6, 6.07) is 1.49. The van der Waals surface area contributed by atoms with Gasteiger partial charge in [-0.1, -0.05) is 6.07 Å². The monoisotopic (exact) mass is 432 g/mol. The molecular weight excluding hydrogens is 406 g/mol. The van der Waals surface area contributed by atoms with Crippen molar-refractivity contribution in [1.29, 1.82) is 0 Å². The molecule has 2 atom stereocenters. The van der Waals surface area contributed by atoms with Gasteiger partial charge >= 0.3 is 12.1 Å². The number of carbonyl (C=O) groups excluding carboxylic acids is 1. The number of likely N-dealkylation sites (tertiary alicyclic amines) is 1. The minimum atomic E-state index is -2.83. The van der Waals surface area contributed by atoms with Crippen LogP contribution in [0.1, 0.15) is 54.9 Å². The van der Waals surface area contributed by atoms with Gasteiger partial charge in [-0.2, -0.15) is 0 Å². The summed E-state index contributed by atoms with van der Waals surface area (Å²) in [6.45, 7) is 2.11. The zero-order valence-corrected chi connectivity index (χ0v) is 17.8. The first-order valence-electron chi connectivity index (χ1n) is 10.4. The van der Waals surface area contributed by atoms with E-state index in [0.717, 1.165) is 55.3 Å². The molecule has 3 amide bonds. The SMILES string of the molecule is C[C@@]1(/C=C/N(C(=O)Nc2c3c(cc4c2CCC4)CCC3)S(=O)[O-])CCCN1C(=O)O. The molecule has 1 unspecified atom stereocenters. The van der Waals surface area contributed by atoms with Gasteiger partial charge in [0.05, 0.1) is 16.8 Å². The highest BCUT2D eigenvalue weighted by Crippen LogP contribution is 2.39. The predicted molar refractivity (Wildman–Crippen MR) is 112 cm³/mol. The highest BCUT2D eigenvalue weighted by molar-refractivity contribution is 7.77. The summed E-state index contributed by atoms with van der Waals surface area (Å²) in [6.07, 6.45) is 8.61. The first-order chi connectivity index (χ1) is 14.3. The molecule has 162 valence electrons. The highest BCUT2D eigenvalue weighted by Gasteiger charge is 2.38. The number of aryl methyl sites for hydroxylation is 2. The Bertz CT molecular complexity index is 915. The Morgan fingerprint density at radius 3 is 2.40 bits per heavy atom. The summed E-state index contributed by atoms with van der Waals surface area (Å²) < 4.78 is 24.2. The molecule has 3 aliphatic rings. The van der Waals surface area contributed by atoms with Crippen molar-refractivity contribution in [3.8, 4) is 0 Å². The molecular formula is C21H26N3O5S-. The number of nitrogens with one attached hydrogen (secondary N) is 1. The van der Waals surface area contributed by atoms with E-state index in [1.54, 1.807) is 6.92 Å². The van der Waals surface area contributed by atoms with Crippen LogP contribution < -0.4 is 5.32 Å². The summed E-state index contributed by atoms with van der Waals surface area (Å²) >= 11 is -2.83. The third-order valence-corrected chi connectivity index (χ3v) is 7.16. The number of hydrogen-bond acceptors (Lipinski definition) is 4. The zero-order valence-electron chi connectivity index (χ0n) is 17.0. The first kappa shape index (κ1) is 20.9. The Morgan fingerprint density at radius 1 is 1.20 bits per heavy atom. The molecule has 1 heterocycles. The number of carboxylic acid groups (broad SMARTS) is 1. The van der Waals surface area contributed by atoms with Crippen LogP contribution in [-0.4, -0.2) is 47.3 Å². The summed E-state index contributed by atoms with van der Waals surface area (Å²) in [4.78, 5) is 25.7. The van der Waals surface area contributed by atoms with Gasteiger partial charge in [0.15, 0.2) is 0 Å². The largest absolute Gasteiger partial charge is 0.755 e. The van der Waals surface area contributed by atoms with Gasteiger partial charge in [0.25, 0.3) is 0 Å². The third-order valence-electron chi connectivity index (χ3n) is 6.55. The average Bonchev–Trinajstić information content (AvgIpc) is 3.40. The quantitative estimate of drug-likeness (QED) is 0.709. The van der Waals surface area contributed by atoms with E-state index in [9.17, 15) is 23.5 Å². The molecule has 30 heavy (non-hydrogen) atoms. The van der Waals surface area contributed by atoms with Crippen molar-refractivity contribution >= 4 is 29.1 Å². The molecule has 0 saturated carbocycles. The van der Waals surface area contributed by atoms with Gasteiger partial charge < -0.3 is 15.0 Å². The van der Waals surface area contributed by atoms with Crippen LogP contribution >= 0.6 is 0 Å². The number of amides is 3. The maximum Gasteiger partial charge on any atom is 0.407 e. The lowest BCUT2D eigenvalue weighted by Gasteiger charge is -2.31. The smallest absolute Gasteiger partial charge is 0.407 e. The number of nitrogens with zero attached hydrogens (tertiary/aromatic N) is 2. The molecule has 0 spiro atoms. The number of hydrogen-bond donors (Lipinski definition) is 2. The van der Waals surface area contributed by atoms with Crippen molar-refractivity contribution in [2.24, 2.45) is 0 Å². The lowest BCUT2D eigenvalue weighted by atomic mass is 9.99. The minimum Gasteiger partial charge on any atom is -0.755 e. The van der Waals surface area contributed by atoms with E-state index in [-0.39, 0.29) is 0 Å². The fourth-order valence-electron chi connectivity index (χ4n) is 5.02. The summed E-state index contributed by atoms with van der Waals surface area (Å²) in [5.74, 6) is 0. The van der Waals surface area contributed by atoms with Crippen molar-refractivity contribution in [1.82, 2.24) is 9.21 Å². The van der Waals surface area contributed by atoms with Crippen LogP contribution in [0.3, 0.4) is 0 Å². The van der Waals surface area contributed by atoms with Crippen LogP contribution in [0.15, 0.2) is 18.3 Å². The Labute approximate surface area is 178 Å². The number of benzene rings is 1. The highest BCUT2D eigenvalue weighted by atomic mass is 32.2. The Balaban J connectivity index is 1.59. The van der Waals surface area contributed by atoms with E-state index in [1.165, 1.54) is 28.3 Å². The van der Waals surface area contributed by atoms with E-state index < -0.39 is 28.9 Å². The second-order valence-corrected chi connectivity index (χ2v) is 9.25. The van der Waals surface area contributed by atoms with E-state index in [1.807, 2.05) is 0 Å². The summed E-state index contributed by atoms with van der Waals surface area (Å²) in [5.41, 5.74) is 4.64. The van der Waals surface area contributed by atoms with Crippen LogP contribution in [-0.2, 0) is 36.9 Å². The van der Waals surface area contributed by atoms with Gasteiger partial charge in [0.1, 0.15) is 0 Å². The second kappa shape index (κ2) is 8.03. The van der Waals surface area contributed by atoms with E-state index in [0.29, 0.717) is 23.7 Å². The Morgan fingerprint density at radius 2 is 1.83 bits per heavy atom. The van der Waals surface area contributed by atoms with Gasteiger partial charge in [0.2, 0.25) is 0 Å². The number of anilines is 1. The zero-order chi connectivity index (χ0) is 21.5. The molecule has 8 nitrogen and oxygen atoms in total. The predicted octanol–water partition coefficient (Wildman–Crippen LogP) is 3.34. The lowest BCUT2D eigenvalue weighted by molar-refractivity contribution is 0.126. The summed E-state index contributed by atoms with van der Waals surface area (Å²) in [7, 11) is 0. The van der Waals surface area contributed by atoms with Crippen LogP contribution in [0.4, 0.5) is 15.3 Å². The topological polar surface area (TPSA) is 113 Å². The molecule has 1 aromatic rings. The molecule has 1 saturated heterocycles. The fraction of sp³-hybridized carbons (Fsp3) is 0.524. The lowest BCUT2D eigenvalue weighted by Crippen LogP contribution is -2.43. The number of rotatable bonds is 4. The normalized spacial score (nSPS) is 23.5. The van der Waals surface area contributed by atoms with Crippen molar-refractivity contribution in [2.75, 3.05) is 11.9 Å². The average molecular weight is 433 g/mol. The second-order valence-electron chi connectivity index (χ2n) is 8.42. The molecule has 1 fully saturated rings. The molecule has 1 aliphatic heterocycles. The molecule has 0 radical (unpaired) electrons. The molecule has 0 aromatic heterocycles. The standard InChI is InChI=1S/C21H27N3O5S/c1-21(9-4-11-23(21)20(26)27)10-12-24(30(28)29)19(25)22-18-16-7-2-5-14(16)13-15-6-3-8-17(15)18/h10,12-13H,2-9,11H2,1H3,(H,22,25)(H,26,27)(H,28,29)/p-1/b12-10+/t21-/m0/s1. The first-order valence-corrected chi connectivity index (χ1v) is 11.4. The molecule has 9 heteroatoms. The van der Waals surface area contributed by atoms with Crippen molar-refractivity contribution in [2.45, 2.75) is 63.8 Å². The molecule has 1 aromatic carbocycles. The van der Waals surface area contributed by atoms with Gasteiger partial charge in [0, 0.05) is 18.4 Å². The third kappa shape index (κ3) is 3.72. The van der Waals surface area contributed by atoms with Crippen LogP contribution in [0.25, 0.3) is 0 Å². The van der Waals surface area contributed by atoms with E-state index in [4.69, 9.17) is 0 Å². The maximum absolute atomic E-state index is 12.9. The van der Waals surface area contributed by atoms with Crippen LogP contribution in [0, 0.1) is 0 Å². The Hall–Kier alpha value is -2.39. The minimum absolute atomic E-state index is 0.380. The van der Waals surface area contributed by atoms with E-state index >= 15 is 0 Å². The summed E-state index contributed by atoms with van der Waals surface area (Å²) in [5, 5.41) is 12.2. The van der Waals surface area contributed by atoms with Crippen molar-refractivity contribution in [3.63, 3.8) is 0 Å².